The van der Waals surface area contributed by atoms with Crippen molar-refractivity contribution in [1.82, 2.24) is 5.32 Å². The van der Waals surface area contributed by atoms with Crippen LogP contribution in [-0.4, -0.2) is 44.0 Å². The summed E-state index contributed by atoms with van der Waals surface area (Å²) in [6.07, 6.45) is 1.65. The van der Waals surface area contributed by atoms with Crippen molar-refractivity contribution in [3.63, 3.8) is 0 Å². The lowest BCUT2D eigenvalue weighted by atomic mass is 10.1. The van der Waals surface area contributed by atoms with E-state index in [4.69, 9.17) is 18.9 Å². The Balaban J connectivity index is 1.51. The van der Waals surface area contributed by atoms with E-state index < -0.39 is 11.7 Å². The zero-order valence-corrected chi connectivity index (χ0v) is 19.6. The molecule has 0 spiro atoms. The predicted molar refractivity (Wildman–Crippen MR) is 125 cm³/mol. The van der Waals surface area contributed by atoms with Crippen LogP contribution in [0.5, 0.6) is 11.5 Å². The summed E-state index contributed by atoms with van der Waals surface area (Å²) < 4.78 is 22.1. The van der Waals surface area contributed by atoms with Gasteiger partial charge in [-0.3, -0.25) is 10.1 Å². The Bertz CT molecular complexity index is 946. The summed E-state index contributed by atoms with van der Waals surface area (Å²) in [6, 6.07) is 12.2. The standard InChI is InChI=1S/C25H32N2O6/c1-25(2,3)33-24(29)27-19-10-8-18(9-11-19)23(28)26-15-17-7-12-21(22(14-17)30-4)32-16-20-6-5-13-31-20/h7-12,14,20H,5-6,13,15-16H2,1-4H3,(H,26,28)(H,27,29). The highest BCUT2D eigenvalue weighted by Gasteiger charge is 2.18. The fourth-order valence-electron chi connectivity index (χ4n) is 3.31. The second-order valence-corrected chi connectivity index (χ2v) is 8.82. The van der Waals surface area contributed by atoms with Gasteiger partial charge in [0.25, 0.3) is 5.91 Å². The number of hydrogen-bond donors (Lipinski definition) is 2. The topological polar surface area (TPSA) is 95.1 Å². The summed E-state index contributed by atoms with van der Waals surface area (Å²) in [5.74, 6) is 1.03. The maximum absolute atomic E-state index is 12.5. The molecule has 178 valence electrons. The Morgan fingerprint density at radius 3 is 2.48 bits per heavy atom. The van der Waals surface area contributed by atoms with Gasteiger partial charge >= 0.3 is 6.09 Å². The third-order valence-corrected chi connectivity index (χ3v) is 4.92. The van der Waals surface area contributed by atoms with Gasteiger partial charge in [0.05, 0.1) is 13.2 Å². The average Bonchev–Trinajstić information content (AvgIpc) is 3.29. The molecular weight excluding hydrogens is 424 g/mol. The molecule has 1 heterocycles. The molecule has 0 aliphatic carbocycles. The lowest BCUT2D eigenvalue weighted by Gasteiger charge is -2.19. The smallest absolute Gasteiger partial charge is 0.412 e. The molecule has 2 amide bonds. The van der Waals surface area contributed by atoms with Crippen molar-refractivity contribution in [1.29, 1.82) is 0 Å². The molecule has 2 aromatic rings. The van der Waals surface area contributed by atoms with Crippen LogP contribution in [-0.2, 0) is 16.0 Å². The number of nitrogens with one attached hydrogen (secondary N) is 2. The SMILES string of the molecule is COc1cc(CNC(=O)c2ccc(NC(=O)OC(C)(C)C)cc2)ccc1OCC1CCCO1. The maximum Gasteiger partial charge on any atom is 0.412 e. The number of ether oxygens (including phenoxy) is 4. The van der Waals surface area contributed by atoms with Gasteiger partial charge in [0, 0.05) is 24.4 Å². The first-order valence-corrected chi connectivity index (χ1v) is 11.0. The molecule has 1 fully saturated rings. The normalized spacial score (nSPS) is 15.6. The van der Waals surface area contributed by atoms with Crippen molar-refractivity contribution in [2.45, 2.75) is 51.9 Å². The van der Waals surface area contributed by atoms with Gasteiger partial charge in [-0.1, -0.05) is 6.07 Å². The molecule has 8 heteroatoms. The highest BCUT2D eigenvalue weighted by Crippen LogP contribution is 2.29. The highest BCUT2D eigenvalue weighted by molar-refractivity contribution is 5.95. The number of methoxy groups -OCH3 is 1. The number of hydrogen-bond acceptors (Lipinski definition) is 6. The third-order valence-electron chi connectivity index (χ3n) is 4.92. The summed E-state index contributed by atoms with van der Waals surface area (Å²) in [6.45, 7) is 6.99. The van der Waals surface area contributed by atoms with Crippen molar-refractivity contribution < 1.29 is 28.5 Å². The summed E-state index contributed by atoms with van der Waals surface area (Å²) in [4.78, 5) is 24.4. The Labute approximate surface area is 194 Å². The number of rotatable bonds is 8. The zero-order chi connectivity index (χ0) is 23.8. The van der Waals surface area contributed by atoms with Gasteiger partial charge in [-0.15, -0.1) is 0 Å². The molecule has 0 bridgehead atoms. The predicted octanol–water partition coefficient (Wildman–Crippen LogP) is 4.53. The Morgan fingerprint density at radius 1 is 1.09 bits per heavy atom. The van der Waals surface area contributed by atoms with Crippen molar-refractivity contribution in [2.24, 2.45) is 0 Å². The van der Waals surface area contributed by atoms with Crippen LogP contribution >= 0.6 is 0 Å². The van der Waals surface area contributed by atoms with E-state index in [0.717, 1.165) is 25.0 Å². The van der Waals surface area contributed by atoms with E-state index in [0.29, 0.717) is 35.9 Å². The molecule has 0 saturated carbocycles. The third kappa shape index (κ3) is 7.68. The molecule has 0 aromatic heterocycles. The van der Waals surface area contributed by atoms with Crippen LogP contribution in [0.1, 0.15) is 49.5 Å². The van der Waals surface area contributed by atoms with Crippen LogP contribution < -0.4 is 20.1 Å². The van der Waals surface area contributed by atoms with E-state index in [1.165, 1.54) is 0 Å². The molecule has 1 unspecified atom stereocenters. The monoisotopic (exact) mass is 456 g/mol. The quantitative estimate of drug-likeness (QED) is 0.606. The Morgan fingerprint density at radius 2 is 1.85 bits per heavy atom. The largest absolute Gasteiger partial charge is 0.493 e. The summed E-state index contributed by atoms with van der Waals surface area (Å²) >= 11 is 0. The number of carbonyl (C=O) groups excluding carboxylic acids is 2. The van der Waals surface area contributed by atoms with E-state index in [1.807, 2.05) is 18.2 Å². The van der Waals surface area contributed by atoms with Crippen molar-refractivity contribution in [3.8, 4) is 11.5 Å². The molecule has 1 aliphatic rings. The van der Waals surface area contributed by atoms with Gasteiger partial charge in [-0.25, -0.2) is 4.79 Å². The number of carbonyl (C=O) groups is 2. The summed E-state index contributed by atoms with van der Waals surface area (Å²) in [5.41, 5.74) is 1.33. The second-order valence-electron chi connectivity index (χ2n) is 8.82. The number of benzene rings is 2. The van der Waals surface area contributed by atoms with Gasteiger partial charge in [0.15, 0.2) is 11.5 Å². The van der Waals surface area contributed by atoms with Crippen molar-refractivity contribution in [3.05, 3.63) is 53.6 Å². The zero-order valence-electron chi connectivity index (χ0n) is 19.6. The van der Waals surface area contributed by atoms with Gasteiger partial charge in [0.2, 0.25) is 0 Å². The first-order valence-electron chi connectivity index (χ1n) is 11.0. The van der Waals surface area contributed by atoms with Crippen LogP contribution in [0.15, 0.2) is 42.5 Å². The molecular formula is C25H32N2O6. The molecule has 1 saturated heterocycles. The van der Waals surface area contributed by atoms with E-state index in [-0.39, 0.29) is 12.0 Å². The molecule has 2 aromatic carbocycles. The van der Waals surface area contributed by atoms with Crippen LogP contribution in [0.2, 0.25) is 0 Å². The van der Waals surface area contributed by atoms with Gasteiger partial charge in [-0.05, 0) is 75.6 Å². The van der Waals surface area contributed by atoms with Crippen molar-refractivity contribution in [2.75, 3.05) is 25.6 Å². The minimum atomic E-state index is -0.582. The maximum atomic E-state index is 12.5. The van der Waals surface area contributed by atoms with Crippen LogP contribution in [0, 0.1) is 0 Å². The van der Waals surface area contributed by atoms with Gasteiger partial charge < -0.3 is 24.3 Å². The number of anilines is 1. The minimum absolute atomic E-state index is 0.124. The van der Waals surface area contributed by atoms with E-state index in [9.17, 15) is 9.59 Å². The lowest BCUT2D eigenvalue weighted by molar-refractivity contribution is 0.0635. The van der Waals surface area contributed by atoms with Crippen LogP contribution in [0.25, 0.3) is 0 Å². The molecule has 1 aliphatic heterocycles. The van der Waals surface area contributed by atoms with Gasteiger partial charge in [0.1, 0.15) is 12.2 Å². The second kappa shape index (κ2) is 11.0. The van der Waals surface area contributed by atoms with Gasteiger partial charge in [-0.2, -0.15) is 0 Å². The molecule has 2 N–H and O–H groups in total. The lowest BCUT2D eigenvalue weighted by Crippen LogP contribution is -2.27. The van der Waals surface area contributed by atoms with E-state index in [1.54, 1.807) is 52.1 Å². The first kappa shape index (κ1) is 24.4. The van der Waals surface area contributed by atoms with Crippen LogP contribution in [0.4, 0.5) is 10.5 Å². The molecule has 3 rings (SSSR count). The summed E-state index contributed by atoms with van der Waals surface area (Å²) in [7, 11) is 1.59. The average molecular weight is 457 g/mol. The fraction of sp³-hybridized carbons (Fsp3) is 0.440. The Hall–Kier alpha value is -3.26. The number of amides is 2. The molecule has 8 nitrogen and oxygen atoms in total. The molecule has 33 heavy (non-hydrogen) atoms. The molecule has 1 atom stereocenters. The minimum Gasteiger partial charge on any atom is -0.493 e. The van der Waals surface area contributed by atoms with E-state index in [2.05, 4.69) is 10.6 Å². The van der Waals surface area contributed by atoms with Crippen molar-refractivity contribution >= 4 is 17.7 Å². The summed E-state index contributed by atoms with van der Waals surface area (Å²) in [5, 5.41) is 5.53. The van der Waals surface area contributed by atoms with E-state index >= 15 is 0 Å². The highest BCUT2D eigenvalue weighted by atomic mass is 16.6. The molecule has 0 radical (unpaired) electrons. The Kier molecular flexibility index (Phi) is 8.16. The van der Waals surface area contributed by atoms with Crippen LogP contribution in [0.3, 0.4) is 0 Å². The fourth-order valence-corrected chi connectivity index (χ4v) is 3.31. The first-order chi connectivity index (χ1) is 15.7.